The van der Waals surface area contributed by atoms with Crippen molar-refractivity contribution in [3.05, 3.63) is 51.1 Å². The molecule has 0 bridgehead atoms. The molecule has 0 fully saturated rings. The van der Waals surface area contributed by atoms with E-state index >= 15 is 0 Å². The number of nitro groups is 1. The van der Waals surface area contributed by atoms with Crippen molar-refractivity contribution in [2.24, 2.45) is 0 Å². The van der Waals surface area contributed by atoms with E-state index in [0.717, 1.165) is 5.56 Å². The second kappa shape index (κ2) is 6.50. The summed E-state index contributed by atoms with van der Waals surface area (Å²) in [5, 5.41) is 14.8. The maximum absolute atomic E-state index is 12.8. The van der Waals surface area contributed by atoms with Crippen molar-refractivity contribution in [1.29, 1.82) is 0 Å². The Morgan fingerprint density at radius 3 is 2.56 bits per heavy atom. The van der Waals surface area contributed by atoms with Gasteiger partial charge in [0.15, 0.2) is 5.65 Å². The maximum atomic E-state index is 12.8. The molecule has 0 spiro atoms. The minimum atomic E-state index is -4.26. The van der Waals surface area contributed by atoms with Crippen LogP contribution in [-0.2, 0) is 10.0 Å². The summed E-state index contributed by atoms with van der Waals surface area (Å²) in [7, 11) is -2.83. The van der Waals surface area contributed by atoms with Crippen molar-refractivity contribution in [2.75, 3.05) is 11.8 Å². The van der Waals surface area contributed by atoms with Gasteiger partial charge >= 0.3 is 0 Å². The van der Waals surface area contributed by atoms with E-state index in [9.17, 15) is 18.5 Å². The third kappa shape index (κ3) is 3.28. The highest BCUT2D eigenvalue weighted by atomic mass is 32.2. The zero-order valence-corrected chi connectivity index (χ0v) is 15.9. The number of benzene rings is 1. The number of methoxy groups -OCH3 is 1. The molecular formula is C16H17N5O5S. The van der Waals surface area contributed by atoms with Crippen LogP contribution in [-0.4, -0.2) is 35.0 Å². The molecule has 0 aliphatic heterocycles. The molecule has 0 radical (unpaired) electrons. The number of pyridine rings is 1. The van der Waals surface area contributed by atoms with E-state index in [-0.39, 0.29) is 17.0 Å². The summed E-state index contributed by atoms with van der Waals surface area (Å²) < 4.78 is 34.3. The number of anilines is 1. The summed E-state index contributed by atoms with van der Waals surface area (Å²) in [6.07, 6.45) is 0. The van der Waals surface area contributed by atoms with Crippen LogP contribution in [0.3, 0.4) is 0 Å². The predicted molar refractivity (Wildman–Crippen MR) is 97.7 cm³/mol. The molecule has 142 valence electrons. The van der Waals surface area contributed by atoms with E-state index in [1.165, 1.54) is 17.7 Å². The fourth-order valence-corrected chi connectivity index (χ4v) is 3.60. The molecule has 3 rings (SSSR count). The SMILES string of the molecule is COc1cc(C)cc2nc(S(=O)(=O)Nc3c([N+](=O)[O-])ccc(C)c3C)nn12. The molecule has 1 aromatic carbocycles. The van der Waals surface area contributed by atoms with Crippen LogP contribution in [0.15, 0.2) is 29.4 Å². The van der Waals surface area contributed by atoms with Crippen LogP contribution in [0.4, 0.5) is 11.4 Å². The molecule has 2 aromatic heterocycles. The van der Waals surface area contributed by atoms with E-state index < -0.39 is 20.1 Å². The van der Waals surface area contributed by atoms with Crippen LogP contribution >= 0.6 is 0 Å². The van der Waals surface area contributed by atoms with E-state index in [1.807, 2.05) is 6.92 Å². The average molecular weight is 391 g/mol. The third-order valence-electron chi connectivity index (χ3n) is 4.13. The Bertz CT molecular complexity index is 1170. The molecule has 1 N–H and O–H groups in total. The van der Waals surface area contributed by atoms with Gasteiger partial charge in [-0.2, -0.15) is 17.9 Å². The molecule has 0 atom stereocenters. The number of hydrogen-bond acceptors (Lipinski definition) is 7. The van der Waals surface area contributed by atoms with Crippen LogP contribution < -0.4 is 9.46 Å². The molecule has 0 amide bonds. The Morgan fingerprint density at radius 1 is 1.22 bits per heavy atom. The lowest BCUT2D eigenvalue weighted by atomic mass is 10.1. The highest BCUT2D eigenvalue weighted by Gasteiger charge is 2.27. The predicted octanol–water partition coefficient (Wildman–Crippen LogP) is 2.37. The van der Waals surface area contributed by atoms with Gasteiger partial charge in [-0.15, -0.1) is 5.10 Å². The van der Waals surface area contributed by atoms with Crippen molar-refractivity contribution >= 4 is 27.0 Å². The number of nitro benzene ring substituents is 1. The fourth-order valence-electron chi connectivity index (χ4n) is 2.58. The summed E-state index contributed by atoms with van der Waals surface area (Å²) in [6, 6.07) is 6.14. The van der Waals surface area contributed by atoms with Gasteiger partial charge in [-0.25, -0.2) is 0 Å². The molecule has 0 saturated heterocycles. The van der Waals surface area contributed by atoms with Crippen LogP contribution in [0, 0.1) is 30.9 Å². The number of fused-ring (bicyclic) bond motifs is 1. The Hall–Kier alpha value is -3.21. The van der Waals surface area contributed by atoms with Crippen LogP contribution in [0.5, 0.6) is 5.88 Å². The second-order valence-corrected chi connectivity index (χ2v) is 7.58. The van der Waals surface area contributed by atoms with Gasteiger partial charge in [0, 0.05) is 12.1 Å². The summed E-state index contributed by atoms with van der Waals surface area (Å²) >= 11 is 0. The minimum Gasteiger partial charge on any atom is -0.481 e. The second-order valence-electron chi connectivity index (χ2n) is 6.00. The van der Waals surface area contributed by atoms with Crippen molar-refractivity contribution in [2.45, 2.75) is 25.9 Å². The van der Waals surface area contributed by atoms with Gasteiger partial charge in [-0.3, -0.25) is 14.8 Å². The first-order valence-electron chi connectivity index (χ1n) is 7.83. The Kier molecular flexibility index (Phi) is 4.47. The van der Waals surface area contributed by atoms with Gasteiger partial charge < -0.3 is 4.74 Å². The number of nitrogens with zero attached hydrogens (tertiary/aromatic N) is 4. The maximum Gasteiger partial charge on any atom is 0.299 e. The highest BCUT2D eigenvalue weighted by molar-refractivity contribution is 7.92. The Morgan fingerprint density at radius 2 is 1.93 bits per heavy atom. The quantitative estimate of drug-likeness (QED) is 0.522. The highest BCUT2D eigenvalue weighted by Crippen LogP contribution is 2.32. The number of aromatic nitrogens is 3. The third-order valence-corrected chi connectivity index (χ3v) is 5.25. The van der Waals surface area contributed by atoms with Crippen molar-refractivity contribution in [3.8, 4) is 5.88 Å². The van der Waals surface area contributed by atoms with Crippen LogP contribution in [0.25, 0.3) is 5.65 Å². The standard InChI is InChI=1S/C16H17N5O5S/c1-9-7-13-17-16(18-20(13)14(8-9)26-4)27(24,25)19-15-11(3)10(2)5-6-12(15)21(22)23/h5-8,19H,1-4H3. The molecule has 0 unspecified atom stereocenters. The largest absolute Gasteiger partial charge is 0.481 e. The zero-order valence-electron chi connectivity index (χ0n) is 15.0. The molecule has 0 aliphatic carbocycles. The fraction of sp³-hybridized carbons (Fsp3) is 0.250. The number of nitrogens with one attached hydrogen (secondary N) is 1. The van der Waals surface area contributed by atoms with E-state index in [4.69, 9.17) is 4.74 Å². The first-order chi connectivity index (χ1) is 12.6. The van der Waals surface area contributed by atoms with E-state index in [0.29, 0.717) is 17.0 Å². The van der Waals surface area contributed by atoms with Gasteiger partial charge in [0.05, 0.1) is 12.0 Å². The van der Waals surface area contributed by atoms with Crippen molar-refractivity contribution < 1.29 is 18.1 Å². The monoisotopic (exact) mass is 391 g/mol. The summed E-state index contributed by atoms with van der Waals surface area (Å²) in [5.41, 5.74) is 1.79. The Balaban J connectivity index is 2.13. The van der Waals surface area contributed by atoms with E-state index in [1.54, 1.807) is 32.0 Å². The number of hydrogen-bond donors (Lipinski definition) is 1. The van der Waals surface area contributed by atoms with Gasteiger partial charge in [-0.1, -0.05) is 6.07 Å². The zero-order chi connectivity index (χ0) is 19.9. The van der Waals surface area contributed by atoms with Crippen molar-refractivity contribution in [3.63, 3.8) is 0 Å². The van der Waals surface area contributed by atoms with Crippen LogP contribution in [0.1, 0.15) is 16.7 Å². The topological polar surface area (TPSA) is 129 Å². The number of aryl methyl sites for hydroxylation is 2. The molecular weight excluding hydrogens is 374 g/mol. The van der Waals surface area contributed by atoms with Gasteiger partial charge in [0.25, 0.3) is 20.9 Å². The normalized spacial score (nSPS) is 11.6. The summed E-state index contributed by atoms with van der Waals surface area (Å²) in [6.45, 7) is 5.14. The number of sulfonamides is 1. The molecule has 10 nitrogen and oxygen atoms in total. The van der Waals surface area contributed by atoms with Gasteiger partial charge in [0.1, 0.15) is 5.69 Å². The lowest BCUT2D eigenvalue weighted by Gasteiger charge is -2.10. The molecule has 2 heterocycles. The first-order valence-corrected chi connectivity index (χ1v) is 9.31. The lowest BCUT2D eigenvalue weighted by molar-refractivity contribution is -0.383. The molecule has 11 heteroatoms. The summed E-state index contributed by atoms with van der Waals surface area (Å²) in [5.74, 6) is 0.316. The molecule has 0 saturated carbocycles. The Labute approximate surface area is 155 Å². The minimum absolute atomic E-state index is 0.109. The molecule has 0 aliphatic rings. The number of rotatable bonds is 5. The first kappa shape index (κ1) is 18.6. The smallest absolute Gasteiger partial charge is 0.299 e. The van der Waals surface area contributed by atoms with Gasteiger partial charge in [-0.05, 0) is 43.5 Å². The van der Waals surface area contributed by atoms with Crippen molar-refractivity contribution in [1.82, 2.24) is 14.6 Å². The van der Waals surface area contributed by atoms with E-state index in [2.05, 4.69) is 14.8 Å². The summed E-state index contributed by atoms with van der Waals surface area (Å²) in [4.78, 5) is 14.7. The molecule has 3 aromatic rings. The van der Waals surface area contributed by atoms with Crippen LogP contribution in [0.2, 0.25) is 0 Å². The average Bonchev–Trinajstić information content (AvgIpc) is 3.02. The van der Waals surface area contributed by atoms with Gasteiger partial charge in [0.2, 0.25) is 5.88 Å². The lowest BCUT2D eigenvalue weighted by Crippen LogP contribution is -2.17. The molecule has 27 heavy (non-hydrogen) atoms. The number of ether oxygens (including phenoxy) is 1.